The Hall–Kier alpha value is -3.95. The Bertz CT molecular complexity index is 1540. The number of anilines is 1. The first-order valence-electron chi connectivity index (χ1n) is 12.1. The number of fused-ring (bicyclic) bond motifs is 3. The van der Waals surface area contributed by atoms with Gasteiger partial charge in [0, 0.05) is 62.1 Å². The van der Waals surface area contributed by atoms with Crippen LogP contribution in [0.5, 0.6) is 0 Å². The van der Waals surface area contributed by atoms with Gasteiger partial charge in [-0.25, -0.2) is 19.6 Å². The van der Waals surface area contributed by atoms with Crippen molar-refractivity contribution in [3.8, 4) is 11.3 Å². The van der Waals surface area contributed by atoms with E-state index in [0.29, 0.717) is 42.0 Å². The first-order valence-corrected chi connectivity index (χ1v) is 12.1. The Morgan fingerprint density at radius 3 is 2.53 bits per heavy atom. The molecule has 0 bridgehead atoms. The van der Waals surface area contributed by atoms with Crippen LogP contribution in [0, 0.1) is 11.8 Å². The largest absolute Gasteiger partial charge is 0.444 e. The van der Waals surface area contributed by atoms with Gasteiger partial charge in [-0.05, 0) is 45.0 Å². The zero-order chi connectivity index (χ0) is 25.2. The first kappa shape index (κ1) is 22.5. The van der Waals surface area contributed by atoms with Crippen molar-refractivity contribution in [2.24, 2.45) is 18.9 Å². The Balaban J connectivity index is 1.30. The maximum Gasteiger partial charge on any atom is 0.410 e. The summed E-state index contributed by atoms with van der Waals surface area (Å²) in [4.78, 5) is 42.5. The monoisotopic (exact) mass is 488 g/mol. The second-order valence-corrected chi connectivity index (χ2v) is 10.7. The molecule has 10 nitrogen and oxygen atoms in total. The van der Waals surface area contributed by atoms with Crippen molar-refractivity contribution in [1.82, 2.24) is 24.4 Å². The van der Waals surface area contributed by atoms with E-state index in [1.165, 1.54) is 6.07 Å². The average molecular weight is 489 g/mol. The number of imidazole rings is 1. The lowest BCUT2D eigenvalue weighted by molar-refractivity contribution is 0.0282. The predicted molar refractivity (Wildman–Crippen MR) is 135 cm³/mol. The van der Waals surface area contributed by atoms with Crippen molar-refractivity contribution in [3.63, 3.8) is 0 Å². The third-order valence-electron chi connectivity index (χ3n) is 6.86. The summed E-state index contributed by atoms with van der Waals surface area (Å²) in [5.74, 6) is 1.34. The second kappa shape index (κ2) is 8.04. The van der Waals surface area contributed by atoms with Gasteiger partial charge < -0.3 is 23.5 Å². The van der Waals surface area contributed by atoms with Crippen molar-refractivity contribution in [1.29, 1.82) is 0 Å². The van der Waals surface area contributed by atoms with E-state index in [2.05, 4.69) is 9.88 Å². The molecular formula is C26H28N6O4. The zero-order valence-corrected chi connectivity index (χ0v) is 20.8. The van der Waals surface area contributed by atoms with E-state index in [0.717, 1.165) is 35.4 Å². The fourth-order valence-corrected chi connectivity index (χ4v) is 5.19. The highest BCUT2D eigenvalue weighted by Crippen LogP contribution is 2.35. The second-order valence-electron chi connectivity index (χ2n) is 10.7. The van der Waals surface area contributed by atoms with Gasteiger partial charge in [0.1, 0.15) is 22.4 Å². The molecule has 6 rings (SSSR count). The predicted octanol–water partition coefficient (Wildman–Crippen LogP) is 3.44. The summed E-state index contributed by atoms with van der Waals surface area (Å²) < 4.78 is 12.8. The molecule has 2 atom stereocenters. The van der Waals surface area contributed by atoms with Gasteiger partial charge in [0.15, 0.2) is 5.65 Å². The van der Waals surface area contributed by atoms with Crippen LogP contribution in [-0.2, 0) is 11.8 Å². The molecular weight excluding hydrogens is 460 g/mol. The van der Waals surface area contributed by atoms with Gasteiger partial charge >= 0.3 is 11.7 Å². The van der Waals surface area contributed by atoms with Gasteiger partial charge in [-0.3, -0.25) is 0 Å². The molecule has 2 aliphatic heterocycles. The number of hydrogen-bond acceptors (Lipinski definition) is 8. The van der Waals surface area contributed by atoms with Crippen molar-refractivity contribution < 1.29 is 13.9 Å². The molecule has 3 aromatic heterocycles. The minimum Gasteiger partial charge on any atom is -0.444 e. The first-order chi connectivity index (χ1) is 17.1. The number of aromatic nitrogens is 4. The molecule has 5 heterocycles. The number of benzene rings is 1. The molecule has 0 saturated carbocycles. The molecule has 2 unspecified atom stereocenters. The van der Waals surface area contributed by atoms with Crippen LogP contribution in [0.2, 0.25) is 0 Å². The van der Waals surface area contributed by atoms with Crippen LogP contribution in [0.25, 0.3) is 33.4 Å². The molecule has 1 aromatic carbocycles. The van der Waals surface area contributed by atoms with Gasteiger partial charge in [0.25, 0.3) is 0 Å². The van der Waals surface area contributed by atoms with Gasteiger partial charge in [-0.1, -0.05) is 0 Å². The van der Waals surface area contributed by atoms with E-state index >= 15 is 0 Å². The van der Waals surface area contributed by atoms with Gasteiger partial charge in [-0.2, -0.15) is 4.98 Å². The molecule has 186 valence electrons. The lowest BCUT2D eigenvalue weighted by atomic mass is 10.0. The molecule has 36 heavy (non-hydrogen) atoms. The maximum atomic E-state index is 12.5. The van der Waals surface area contributed by atoms with Gasteiger partial charge in [-0.15, -0.1) is 0 Å². The fourth-order valence-electron chi connectivity index (χ4n) is 5.19. The van der Waals surface area contributed by atoms with Crippen LogP contribution in [0.4, 0.5) is 10.7 Å². The van der Waals surface area contributed by atoms with E-state index < -0.39 is 5.60 Å². The highest BCUT2D eigenvalue weighted by molar-refractivity contribution is 5.92. The minimum absolute atomic E-state index is 0.245. The summed E-state index contributed by atoms with van der Waals surface area (Å²) in [5, 5.41) is 0.814. The number of nitrogens with zero attached hydrogens (tertiary/aromatic N) is 6. The Morgan fingerprint density at radius 1 is 1.06 bits per heavy atom. The molecule has 4 aromatic rings. The van der Waals surface area contributed by atoms with Crippen LogP contribution in [0.3, 0.4) is 0 Å². The third-order valence-corrected chi connectivity index (χ3v) is 6.86. The Morgan fingerprint density at radius 2 is 1.81 bits per heavy atom. The molecule has 2 aliphatic rings. The standard InChI is InChI=1S/C26H28N6O4/c1-26(2,3)36-25(34)32-12-17-10-31(11-18(17)13-32)24-28-21(22-23(29-24)30(4)14-27-22)16-5-7-19-15(9-16)6-8-20(33)35-19/h5-9,14,17-18H,10-13H2,1-4H3. The van der Waals surface area contributed by atoms with Crippen molar-refractivity contribution in [3.05, 3.63) is 47.1 Å². The lowest BCUT2D eigenvalue weighted by Gasteiger charge is -2.26. The minimum atomic E-state index is -0.502. The Labute approximate surface area is 207 Å². The van der Waals surface area contributed by atoms with Crippen LogP contribution in [0.1, 0.15) is 20.8 Å². The summed E-state index contributed by atoms with van der Waals surface area (Å²) in [6, 6.07) is 8.80. The van der Waals surface area contributed by atoms with Crippen LogP contribution in [-0.4, -0.2) is 62.3 Å². The number of aryl methyl sites for hydroxylation is 1. The van der Waals surface area contributed by atoms with E-state index in [9.17, 15) is 9.59 Å². The number of hydrogen-bond donors (Lipinski definition) is 0. The van der Waals surface area contributed by atoms with E-state index in [1.807, 2.05) is 49.4 Å². The van der Waals surface area contributed by atoms with E-state index in [1.54, 1.807) is 18.5 Å². The molecule has 2 fully saturated rings. The van der Waals surface area contributed by atoms with Crippen molar-refractivity contribution >= 4 is 34.2 Å². The SMILES string of the molecule is Cn1cnc2c(-c3ccc4oc(=O)ccc4c3)nc(N3CC4CN(C(=O)OC(C)(C)C)CC4C3)nc21. The van der Waals surface area contributed by atoms with Gasteiger partial charge in [0.2, 0.25) is 5.95 Å². The lowest BCUT2D eigenvalue weighted by Crippen LogP contribution is -2.37. The number of carbonyl (C=O) groups excluding carboxylic acids is 1. The molecule has 0 aliphatic carbocycles. The zero-order valence-electron chi connectivity index (χ0n) is 20.8. The molecule has 0 radical (unpaired) electrons. The smallest absolute Gasteiger partial charge is 0.410 e. The van der Waals surface area contributed by atoms with Crippen molar-refractivity contribution in [2.45, 2.75) is 26.4 Å². The average Bonchev–Trinajstić information content (AvgIpc) is 3.51. The summed E-state index contributed by atoms with van der Waals surface area (Å²) in [7, 11) is 1.92. The van der Waals surface area contributed by atoms with Crippen LogP contribution < -0.4 is 10.5 Å². The number of carbonyl (C=O) groups is 1. The van der Waals surface area contributed by atoms with Gasteiger partial charge in [0.05, 0.1) is 6.33 Å². The highest BCUT2D eigenvalue weighted by atomic mass is 16.6. The van der Waals surface area contributed by atoms with Crippen molar-refractivity contribution in [2.75, 3.05) is 31.1 Å². The number of amides is 1. The number of likely N-dealkylation sites (tertiary alicyclic amines) is 1. The molecule has 10 heteroatoms. The summed E-state index contributed by atoms with van der Waals surface area (Å²) in [6.45, 7) is 8.56. The summed E-state index contributed by atoms with van der Waals surface area (Å²) >= 11 is 0. The topological polar surface area (TPSA) is 107 Å². The molecule has 0 spiro atoms. The summed E-state index contributed by atoms with van der Waals surface area (Å²) in [6.07, 6.45) is 1.50. The summed E-state index contributed by atoms with van der Waals surface area (Å²) in [5.41, 5.74) is 2.72. The molecule has 2 saturated heterocycles. The third kappa shape index (κ3) is 3.96. The fraction of sp³-hybridized carbons (Fsp3) is 0.423. The molecule has 1 amide bonds. The maximum absolute atomic E-state index is 12.5. The van der Waals surface area contributed by atoms with E-state index in [4.69, 9.17) is 19.1 Å². The van der Waals surface area contributed by atoms with Crippen LogP contribution >= 0.6 is 0 Å². The number of ether oxygens (including phenoxy) is 1. The molecule has 0 N–H and O–H groups in total. The highest BCUT2D eigenvalue weighted by Gasteiger charge is 2.43. The normalized spacial score (nSPS) is 19.9. The quantitative estimate of drug-likeness (QED) is 0.395. The van der Waals surface area contributed by atoms with Crippen LogP contribution in [0.15, 0.2) is 45.9 Å². The van der Waals surface area contributed by atoms with E-state index in [-0.39, 0.29) is 11.7 Å². The number of rotatable bonds is 2. The Kier molecular flexibility index (Phi) is 5.03.